The molecule has 140 valence electrons. The lowest BCUT2D eigenvalue weighted by Crippen LogP contribution is -2.46. The van der Waals surface area contributed by atoms with Gasteiger partial charge in [0.2, 0.25) is 11.3 Å². The summed E-state index contributed by atoms with van der Waals surface area (Å²) in [5.74, 6) is -0.438. The minimum absolute atomic E-state index is 0.0336. The average Bonchev–Trinajstić information content (AvgIpc) is 2.83. The number of amides is 1. The van der Waals surface area contributed by atoms with Crippen molar-refractivity contribution >= 4 is 18.6 Å². The normalized spacial score (nSPS) is 32.5. The Hall–Kier alpha value is -1.78. The minimum atomic E-state index is -3.58. The molecule has 1 aromatic carbocycles. The van der Waals surface area contributed by atoms with Crippen molar-refractivity contribution < 1.29 is 18.1 Å². The highest BCUT2D eigenvalue weighted by atomic mass is 31.2. The molecule has 1 heterocycles. The number of rotatable bonds is 3. The molecule has 0 saturated carbocycles. The molecule has 26 heavy (non-hydrogen) atoms. The van der Waals surface area contributed by atoms with Gasteiger partial charge >= 0.3 is 0 Å². The Morgan fingerprint density at radius 2 is 1.85 bits per heavy atom. The van der Waals surface area contributed by atoms with Gasteiger partial charge in [-0.3, -0.25) is 4.79 Å². The second-order valence-corrected chi connectivity index (χ2v) is 10.7. The number of hydrogen-bond acceptors (Lipinski definition) is 3. The lowest BCUT2D eigenvalue weighted by atomic mass is 9.91. The van der Waals surface area contributed by atoms with Crippen LogP contribution in [0.4, 0.5) is 8.78 Å². The third-order valence-corrected chi connectivity index (χ3v) is 7.17. The maximum atomic E-state index is 16.2. The predicted molar refractivity (Wildman–Crippen MR) is 99.6 cm³/mol. The molecular weight excluding hydrogens is 357 g/mol. The van der Waals surface area contributed by atoms with Gasteiger partial charge in [0.05, 0.1) is 11.7 Å². The number of alkyl halides is 2. The highest BCUT2D eigenvalue weighted by Crippen LogP contribution is 2.64. The molecule has 1 fully saturated rings. The highest BCUT2D eigenvalue weighted by Gasteiger charge is 2.58. The molecule has 1 aromatic rings. The van der Waals surface area contributed by atoms with Gasteiger partial charge in [0.25, 0.3) is 0 Å². The lowest BCUT2D eigenvalue weighted by Gasteiger charge is -2.40. The summed E-state index contributed by atoms with van der Waals surface area (Å²) < 4.78 is 44.6. The van der Waals surface area contributed by atoms with Gasteiger partial charge in [-0.15, -0.1) is 0 Å². The SMILES string of the molecule is CC1CC(N)C(=O)N1C1=CC=C(c2ccccc2)C(F)(P(C)(C)=O)C1F. The minimum Gasteiger partial charge on any atom is -0.320 e. The molecule has 0 radical (unpaired) electrons. The second kappa shape index (κ2) is 6.43. The van der Waals surface area contributed by atoms with Crippen LogP contribution in [0.25, 0.3) is 5.57 Å². The molecule has 2 N–H and O–H groups in total. The van der Waals surface area contributed by atoms with Gasteiger partial charge in [-0.1, -0.05) is 36.4 Å². The molecule has 0 spiro atoms. The van der Waals surface area contributed by atoms with Crippen molar-refractivity contribution in [3.05, 3.63) is 53.7 Å². The summed E-state index contributed by atoms with van der Waals surface area (Å²) in [6, 6.07) is 7.42. The third kappa shape index (κ3) is 2.76. The number of likely N-dealkylation sites (tertiary alicyclic amines) is 1. The van der Waals surface area contributed by atoms with E-state index in [-0.39, 0.29) is 17.3 Å². The van der Waals surface area contributed by atoms with E-state index in [1.165, 1.54) is 30.4 Å². The summed E-state index contributed by atoms with van der Waals surface area (Å²) in [7, 11) is -3.58. The fourth-order valence-corrected chi connectivity index (χ4v) is 5.20. The monoisotopic (exact) mass is 380 g/mol. The van der Waals surface area contributed by atoms with E-state index < -0.39 is 30.7 Å². The van der Waals surface area contributed by atoms with Gasteiger partial charge in [0.15, 0.2) is 6.17 Å². The van der Waals surface area contributed by atoms with E-state index in [0.717, 1.165) is 0 Å². The molecule has 0 aromatic heterocycles. The van der Waals surface area contributed by atoms with Crippen molar-refractivity contribution in [1.29, 1.82) is 0 Å². The molecule has 1 aliphatic heterocycles. The third-order valence-electron chi connectivity index (χ3n) is 5.13. The van der Waals surface area contributed by atoms with Crippen molar-refractivity contribution in [3.8, 4) is 0 Å². The van der Waals surface area contributed by atoms with Gasteiger partial charge in [0, 0.05) is 11.6 Å². The Balaban J connectivity index is 2.16. The fourth-order valence-electron chi connectivity index (χ4n) is 3.74. The van der Waals surface area contributed by atoms with E-state index in [1.807, 2.05) is 0 Å². The topological polar surface area (TPSA) is 63.4 Å². The molecule has 4 unspecified atom stereocenters. The molecule has 0 bridgehead atoms. The zero-order valence-corrected chi connectivity index (χ0v) is 15.9. The van der Waals surface area contributed by atoms with Crippen LogP contribution in [0, 0.1) is 0 Å². The fraction of sp³-hybridized carbons (Fsp3) is 0.421. The maximum absolute atomic E-state index is 16.2. The molecule has 1 saturated heterocycles. The number of nitrogens with zero attached hydrogens (tertiary/aromatic N) is 1. The number of halogens is 2. The molecule has 3 rings (SSSR count). The van der Waals surface area contributed by atoms with Crippen molar-refractivity contribution in [1.82, 2.24) is 4.90 Å². The number of carbonyl (C=O) groups is 1. The largest absolute Gasteiger partial charge is 0.320 e. The molecule has 2 aliphatic rings. The Labute approximate surface area is 152 Å². The van der Waals surface area contributed by atoms with E-state index in [0.29, 0.717) is 12.0 Å². The van der Waals surface area contributed by atoms with Crippen LogP contribution in [-0.2, 0) is 9.36 Å². The van der Waals surface area contributed by atoms with Crippen molar-refractivity contribution in [2.45, 2.75) is 37.0 Å². The maximum Gasteiger partial charge on any atom is 0.244 e. The summed E-state index contributed by atoms with van der Waals surface area (Å²) in [4.78, 5) is 13.6. The molecule has 7 heteroatoms. The summed E-state index contributed by atoms with van der Waals surface area (Å²) in [6.45, 7) is 4.21. The van der Waals surface area contributed by atoms with Crippen molar-refractivity contribution in [2.75, 3.05) is 13.3 Å². The van der Waals surface area contributed by atoms with Gasteiger partial charge in [-0.05, 0) is 38.3 Å². The molecule has 4 nitrogen and oxygen atoms in total. The van der Waals surface area contributed by atoms with Crippen LogP contribution in [0.2, 0.25) is 0 Å². The van der Waals surface area contributed by atoms with Crippen LogP contribution in [0.5, 0.6) is 0 Å². The summed E-state index contributed by atoms with van der Waals surface area (Å²) >= 11 is 0. The van der Waals surface area contributed by atoms with E-state index >= 15 is 8.78 Å². The molecular formula is C19H23F2N2O2P. The number of allylic oxidation sites excluding steroid dienone is 4. The van der Waals surface area contributed by atoms with E-state index in [9.17, 15) is 9.36 Å². The van der Waals surface area contributed by atoms with E-state index in [2.05, 4.69) is 0 Å². The standard InChI is InChI=1S/C19H23F2N2O2P/c1-12-11-15(22)18(24)23(12)16-10-9-14(13-7-5-4-6-8-13)19(21,17(16)20)26(2,3)25/h4-10,12,15,17H,11,22H2,1-3H3. The Morgan fingerprint density at radius 3 is 2.35 bits per heavy atom. The van der Waals surface area contributed by atoms with Crippen LogP contribution in [0.15, 0.2) is 48.2 Å². The average molecular weight is 380 g/mol. The first kappa shape index (κ1) is 19.0. The van der Waals surface area contributed by atoms with Crippen LogP contribution in [-0.4, -0.2) is 47.8 Å². The lowest BCUT2D eigenvalue weighted by molar-refractivity contribution is -0.128. The van der Waals surface area contributed by atoms with Crippen molar-refractivity contribution in [2.24, 2.45) is 5.73 Å². The summed E-state index contributed by atoms with van der Waals surface area (Å²) in [5.41, 5.74) is 6.17. The number of benzene rings is 1. The zero-order valence-electron chi connectivity index (χ0n) is 15.0. The Bertz CT molecular complexity index is 833. The quantitative estimate of drug-likeness (QED) is 0.816. The number of nitrogens with two attached hydrogens (primary N) is 1. The predicted octanol–water partition coefficient (Wildman–Crippen LogP) is 3.54. The van der Waals surface area contributed by atoms with Gasteiger partial charge in [-0.25, -0.2) is 8.78 Å². The molecule has 4 atom stereocenters. The van der Waals surface area contributed by atoms with Crippen molar-refractivity contribution in [3.63, 3.8) is 0 Å². The number of hydrogen-bond donors (Lipinski definition) is 1. The first-order chi connectivity index (χ1) is 12.1. The van der Waals surface area contributed by atoms with Gasteiger partial charge in [0.1, 0.15) is 7.14 Å². The smallest absolute Gasteiger partial charge is 0.244 e. The van der Waals surface area contributed by atoms with Crippen LogP contribution in [0.1, 0.15) is 18.9 Å². The Kier molecular flexibility index (Phi) is 4.70. The first-order valence-electron chi connectivity index (χ1n) is 8.53. The van der Waals surface area contributed by atoms with Crippen LogP contribution >= 0.6 is 7.14 Å². The Morgan fingerprint density at radius 1 is 1.23 bits per heavy atom. The van der Waals surface area contributed by atoms with Gasteiger partial charge in [-0.2, -0.15) is 0 Å². The summed E-state index contributed by atoms with van der Waals surface area (Å²) in [6.07, 6.45) is 0.991. The van der Waals surface area contributed by atoms with Crippen LogP contribution < -0.4 is 5.73 Å². The number of carbonyl (C=O) groups excluding carboxylic acids is 1. The van der Waals surface area contributed by atoms with Gasteiger partial charge < -0.3 is 15.2 Å². The van der Waals surface area contributed by atoms with E-state index in [1.54, 1.807) is 37.3 Å². The zero-order chi connectivity index (χ0) is 19.3. The molecule has 1 amide bonds. The second-order valence-electron chi connectivity index (χ2n) is 7.32. The van der Waals surface area contributed by atoms with E-state index in [4.69, 9.17) is 5.73 Å². The van der Waals surface area contributed by atoms with Crippen LogP contribution in [0.3, 0.4) is 0 Å². The highest BCUT2D eigenvalue weighted by molar-refractivity contribution is 7.64. The first-order valence-corrected chi connectivity index (χ1v) is 11.1. The molecule has 1 aliphatic carbocycles. The summed E-state index contributed by atoms with van der Waals surface area (Å²) in [5, 5.41) is -2.72.